The molecule has 0 aliphatic carbocycles. The molecule has 0 aliphatic rings. The number of hydrogen-bond acceptors (Lipinski definition) is 5. The molecule has 0 atom stereocenters. The van der Waals surface area contributed by atoms with Crippen molar-refractivity contribution in [3.63, 3.8) is 0 Å². The quantitative estimate of drug-likeness (QED) is 0.105. The molecule has 32 heavy (non-hydrogen) atoms. The van der Waals surface area contributed by atoms with Crippen LogP contribution in [0, 0.1) is 0 Å². The third-order valence-electron chi connectivity index (χ3n) is 5.41. The zero-order valence-electron chi connectivity index (χ0n) is 20.0. The Kier molecular flexibility index (Phi) is 16.2. The minimum absolute atomic E-state index is 0.0883. The lowest BCUT2D eigenvalue weighted by atomic mass is 10.0. The Morgan fingerprint density at radius 3 is 1.88 bits per heavy atom. The molecule has 0 saturated heterocycles. The normalized spacial score (nSPS) is 10.8. The molecule has 0 bridgehead atoms. The number of fused-ring (bicyclic) bond motifs is 1. The molecule has 6 nitrogen and oxygen atoms in total. The first-order chi connectivity index (χ1) is 15.6. The second-order valence-electron chi connectivity index (χ2n) is 7.82. The molecule has 0 fully saturated rings. The van der Waals surface area contributed by atoms with Crippen molar-refractivity contribution in [1.29, 1.82) is 0 Å². The van der Waals surface area contributed by atoms with Crippen LogP contribution in [0.2, 0.25) is 10.4 Å². The molecule has 0 spiro atoms. The summed E-state index contributed by atoms with van der Waals surface area (Å²) in [5.74, 6) is -0.0883. The van der Waals surface area contributed by atoms with E-state index in [9.17, 15) is 4.79 Å². The van der Waals surface area contributed by atoms with Gasteiger partial charge in [0.1, 0.15) is 5.52 Å². The number of carbonyl (C=O) groups excluding carboxylic acids is 1. The predicted molar refractivity (Wildman–Crippen MR) is 133 cm³/mol. The molecule has 2 aromatic rings. The minimum Gasteiger partial charge on any atom is -0.469 e. The van der Waals surface area contributed by atoms with Gasteiger partial charge < -0.3 is 9.30 Å². The van der Waals surface area contributed by atoms with E-state index in [-0.39, 0.29) is 11.3 Å². The highest BCUT2D eigenvalue weighted by Gasteiger charge is 2.10. The van der Waals surface area contributed by atoms with Crippen LogP contribution in [0.15, 0.2) is 6.33 Å². The van der Waals surface area contributed by atoms with E-state index in [4.69, 9.17) is 23.2 Å². The molecule has 0 saturated carbocycles. The van der Waals surface area contributed by atoms with Gasteiger partial charge in [-0.15, -0.1) is 0 Å². The molecule has 0 radical (unpaired) electrons. The molecule has 0 unspecified atom stereocenters. The first kappa shape index (κ1) is 28.6. The number of hydrogen-bond donors (Lipinski definition) is 0. The van der Waals surface area contributed by atoms with E-state index in [1.807, 2.05) is 18.4 Å². The van der Waals surface area contributed by atoms with Crippen LogP contribution in [-0.2, 0) is 16.1 Å². The highest BCUT2D eigenvalue weighted by Crippen LogP contribution is 2.22. The Morgan fingerprint density at radius 2 is 1.34 bits per heavy atom. The summed E-state index contributed by atoms with van der Waals surface area (Å²) in [6, 6.07) is 0. The minimum atomic E-state index is -0.0883. The molecule has 0 N–H and O–H groups in total. The van der Waals surface area contributed by atoms with Crippen LogP contribution in [0.3, 0.4) is 0 Å². The van der Waals surface area contributed by atoms with Gasteiger partial charge >= 0.3 is 5.97 Å². The van der Waals surface area contributed by atoms with E-state index in [0.29, 0.717) is 17.2 Å². The van der Waals surface area contributed by atoms with Gasteiger partial charge in [-0.2, -0.15) is 4.98 Å². The van der Waals surface area contributed by atoms with Gasteiger partial charge in [-0.3, -0.25) is 4.79 Å². The Hall–Kier alpha value is -1.40. The summed E-state index contributed by atoms with van der Waals surface area (Å²) in [5.41, 5.74) is 1.32. The maximum absolute atomic E-state index is 11.0. The van der Waals surface area contributed by atoms with Crippen LogP contribution < -0.4 is 0 Å². The van der Waals surface area contributed by atoms with Gasteiger partial charge in [0.25, 0.3) is 0 Å². The number of esters is 1. The Morgan fingerprint density at radius 1 is 0.844 bits per heavy atom. The summed E-state index contributed by atoms with van der Waals surface area (Å²) in [6.07, 6.45) is 18.4. The van der Waals surface area contributed by atoms with Crippen molar-refractivity contribution in [3.05, 3.63) is 16.8 Å². The van der Waals surface area contributed by atoms with Crippen molar-refractivity contribution in [2.45, 2.75) is 110 Å². The molecular formula is C24H40Cl2N4O2. The van der Waals surface area contributed by atoms with Crippen molar-refractivity contribution < 1.29 is 9.53 Å². The van der Waals surface area contributed by atoms with Crippen molar-refractivity contribution in [1.82, 2.24) is 19.5 Å². The van der Waals surface area contributed by atoms with Crippen LogP contribution in [0.5, 0.6) is 0 Å². The summed E-state index contributed by atoms with van der Waals surface area (Å²) in [5, 5.41) is 0.497. The number of methoxy groups -OCH3 is 1. The molecule has 2 aromatic heterocycles. The zero-order valence-corrected chi connectivity index (χ0v) is 21.6. The van der Waals surface area contributed by atoms with Gasteiger partial charge in [0.15, 0.2) is 10.8 Å². The number of unbranched alkanes of at least 4 members (excludes halogenated alkanes) is 12. The van der Waals surface area contributed by atoms with E-state index >= 15 is 0 Å². The number of carbonyl (C=O) groups is 1. The fraction of sp³-hybridized carbons (Fsp3) is 0.750. The maximum atomic E-state index is 11.0. The highest BCUT2D eigenvalue weighted by atomic mass is 35.5. The largest absolute Gasteiger partial charge is 0.469 e. The maximum Gasteiger partial charge on any atom is 0.305 e. The van der Waals surface area contributed by atoms with Gasteiger partial charge in [-0.1, -0.05) is 96.1 Å². The average molecular weight is 488 g/mol. The second-order valence-corrected chi connectivity index (χ2v) is 8.51. The molecule has 0 aliphatic heterocycles. The number of ether oxygens (including phenoxy) is 1. The molecule has 8 heteroatoms. The molecular weight excluding hydrogens is 447 g/mol. The summed E-state index contributed by atoms with van der Waals surface area (Å²) in [7, 11) is 1.45. The fourth-order valence-electron chi connectivity index (χ4n) is 3.68. The Balaban J connectivity index is 0.00000249. The molecule has 2 heterocycles. The van der Waals surface area contributed by atoms with Crippen molar-refractivity contribution >= 4 is 40.3 Å². The van der Waals surface area contributed by atoms with Crippen LogP contribution >= 0.6 is 23.2 Å². The van der Waals surface area contributed by atoms with Gasteiger partial charge in [-0.05, 0) is 24.4 Å². The van der Waals surface area contributed by atoms with Crippen LogP contribution in [-0.4, -0.2) is 32.6 Å². The van der Waals surface area contributed by atoms with Crippen LogP contribution in [0.25, 0.3) is 11.2 Å². The molecule has 0 aromatic carbocycles. The zero-order chi connectivity index (χ0) is 23.6. The van der Waals surface area contributed by atoms with Crippen LogP contribution in [0.1, 0.15) is 104 Å². The van der Waals surface area contributed by atoms with E-state index in [2.05, 4.69) is 19.7 Å². The summed E-state index contributed by atoms with van der Waals surface area (Å²) < 4.78 is 6.67. The fourth-order valence-corrected chi connectivity index (χ4v) is 4.16. The number of imidazole rings is 1. The van der Waals surface area contributed by atoms with Gasteiger partial charge in [-0.25, -0.2) is 9.97 Å². The van der Waals surface area contributed by atoms with Crippen molar-refractivity contribution in [2.24, 2.45) is 0 Å². The Bertz CT molecular complexity index is 768. The monoisotopic (exact) mass is 486 g/mol. The first-order valence-corrected chi connectivity index (χ1v) is 13.0. The number of halogens is 2. The SMILES string of the molecule is CC.COC(=O)CCCCCCCCCCCCCCCn1cnc2nc(Cl)nc(Cl)c21. The van der Waals surface area contributed by atoms with E-state index in [0.717, 1.165) is 31.3 Å². The average Bonchev–Trinajstić information content (AvgIpc) is 3.20. The smallest absolute Gasteiger partial charge is 0.305 e. The Labute approximate surface area is 203 Å². The number of aromatic nitrogens is 4. The lowest BCUT2D eigenvalue weighted by Gasteiger charge is -2.06. The van der Waals surface area contributed by atoms with Crippen molar-refractivity contribution in [3.8, 4) is 0 Å². The summed E-state index contributed by atoms with van der Waals surface area (Å²) >= 11 is 12.0. The molecule has 0 amide bonds. The van der Waals surface area contributed by atoms with Gasteiger partial charge in [0.2, 0.25) is 5.28 Å². The number of rotatable bonds is 16. The van der Waals surface area contributed by atoms with E-state index in [1.54, 1.807) is 6.33 Å². The van der Waals surface area contributed by atoms with E-state index in [1.165, 1.54) is 71.3 Å². The number of nitrogens with zero attached hydrogens (tertiary/aromatic N) is 4. The number of aryl methyl sites for hydroxylation is 1. The molecule has 182 valence electrons. The lowest BCUT2D eigenvalue weighted by molar-refractivity contribution is -0.140. The summed E-state index contributed by atoms with van der Waals surface area (Å²) in [4.78, 5) is 23.4. The topological polar surface area (TPSA) is 69.9 Å². The summed E-state index contributed by atoms with van der Waals surface area (Å²) in [6.45, 7) is 4.88. The standard InChI is InChI=1S/C22H34Cl2N4O2.C2H6/c1-30-18(29)15-13-11-9-7-5-3-2-4-6-8-10-12-14-16-28-17-25-21-19(28)20(23)26-22(24)27-21;1-2/h17H,2-16H2,1H3;1-2H3. The van der Waals surface area contributed by atoms with Crippen LogP contribution in [0.4, 0.5) is 0 Å². The van der Waals surface area contributed by atoms with Gasteiger partial charge in [0.05, 0.1) is 13.4 Å². The first-order valence-electron chi connectivity index (χ1n) is 12.2. The second kappa shape index (κ2) is 18.1. The lowest BCUT2D eigenvalue weighted by Crippen LogP contribution is -1.99. The third kappa shape index (κ3) is 11.5. The third-order valence-corrected chi connectivity index (χ3v) is 5.84. The molecule has 2 rings (SSSR count). The highest BCUT2D eigenvalue weighted by molar-refractivity contribution is 6.35. The van der Waals surface area contributed by atoms with Crippen molar-refractivity contribution in [2.75, 3.05) is 7.11 Å². The van der Waals surface area contributed by atoms with Gasteiger partial charge in [0, 0.05) is 13.0 Å². The van der Waals surface area contributed by atoms with E-state index < -0.39 is 0 Å². The predicted octanol–water partition coefficient (Wildman–Crippen LogP) is 7.79.